The molecule has 0 radical (unpaired) electrons. The number of fused-ring (bicyclic) bond motifs is 2. The predicted octanol–water partition coefficient (Wildman–Crippen LogP) is 2.89. The highest BCUT2D eigenvalue weighted by Gasteiger charge is 2.34. The summed E-state index contributed by atoms with van der Waals surface area (Å²) in [4.78, 5) is 4.09. The molecule has 0 spiro atoms. The van der Waals surface area contributed by atoms with Gasteiger partial charge in [0.15, 0.2) is 0 Å². The maximum atomic E-state index is 6.10. The topological polar surface area (TPSA) is 22.1 Å². The Labute approximate surface area is 98.5 Å². The van der Waals surface area contributed by atoms with Crippen molar-refractivity contribution in [2.75, 3.05) is 6.61 Å². The lowest BCUT2D eigenvalue weighted by Gasteiger charge is -2.26. The summed E-state index contributed by atoms with van der Waals surface area (Å²) in [5, 5.41) is 1.05. The molecule has 2 heterocycles. The number of hydrogen-bond donors (Lipinski definition) is 0. The maximum Gasteiger partial charge on any atom is 0.134 e. The van der Waals surface area contributed by atoms with Crippen LogP contribution in [0, 0.1) is 5.92 Å². The molecule has 2 nitrogen and oxygen atoms in total. The van der Waals surface area contributed by atoms with E-state index < -0.39 is 0 Å². The van der Waals surface area contributed by atoms with Gasteiger partial charge in [-0.3, -0.25) is 0 Å². The van der Waals surface area contributed by atoms with Crippen molar-refractivity contribution in [3.63, 3.8) is 0 Å². The average molecular weight is 244 g/mol. The summed E-state index contributed by atoms with van der Waals surface area (Å²) >= 11 is 12.0. The number of nitrogens with zero attached hydrogens (tertiary/aromatic N) is 1. The second-order valence-electron chi connectivity index (χ2n) is 4.24. The van der Waals surface area contributed by atoms with Crippen LogP contribution in [0.1, 0.15) is 17.5 Å². The van der Waals surface area contributed by atoms with E-state index in [-0.39, 0.29) is 0 Å². The number of aromatic nitrogens is 1. The van der Waals surface area contributed by atoms with E-state index in [1.807, 2.05) is 6.07 Å². The molecule has 0 aromatic carbocycles. The Kier molecular flexibility index (Phi) is 2.38. The summed E-state index contributed by atoms with van der Waals surface area (Å²) in [7, 11) is 0. The minimum atomic E-state index is 0.368. The van der Waals surface area contributed by atoms with Crippen LogP contribution in [0.15, 0.2) is 6.07 Å². The van der Waals surface area contributed by atoms with Crippen molar-refractivity contribution < 1.29 is 4.74 Å². The van der Waals surface area contributed by atoms with Gasteiger partial charge in [0.1, 0.15) is 10.3 Å². The monoisotopic (exact) mass is 243 g/mol. The lowest BCUT2D eigenvalue weighted by Crippen LogP contribution is -2.27. The Hall–Kier alpha value is -0.310. The zero-order valence-corrected chi connectivity index (χ0v) is 9.68. The third-order valence-corrected chi connectivity index (χ3v) is 3.87. The normalized spacial score (nSPS) is 28.7. The molecule has 2 aliphatic rings. The van der Waals surface area contributed by atoms with E-state index in [0.29, 0.717) is 22.3 Å². The molecule has 1 aromatic heterocycles. The van der Waals surface area contributed by atoms with Crippen LogP contribution in [0.5, 0.6) is 0 Å². The van der Waals surface area contributed by atoms with Crippen LogP contribution >= 0.6 is 23.2 Å². The van der Waals surface area contributed by atoms with E-state index in [9.17, 15) is 0 Å². The zero-order valence-electron chi connectivity index (χ0n) is 8.17. The van der Waals surface area contributed by atoms with Crippen molar-refractivity contribution in [1.82, 2.24) is 4.98 Å². The highest BCUT2D eigenvalue weighted by Crippen LogP contribution is 2.37. The SMILES string of the molecule is Clc1cc2c(c(Cl)n1)C[C@@H]1CCO[C@@H]1C2. The summed E-state index contributed by atoms with van der Waals surface area (Å²) in [5.74, 6) is 0.623. The van der Waals surface area contributed by atoms with Gasteiger partial charge in [0.05, 0.1) is 6.10 Å². The maximum absolute atomic E-state index is 6.10. The summed E-state index contributed by atoms with van der Waals surface area (Å²) in [6.07, 6.45) is 3.43. The van der Waals surface area contributed by atoms with Crippen LogP contribution in [0.25, 0.3) is 0 Å². The van der Waals surface area contributed by atoms with Crippen LogP contribution in [0.3, 0.4) is 0 Å². The molecule has 1 fully saturated rings. The highest BCUT2D eigenvalue weighted by atomic mass is 35.5. The van der Waals surface area contributed by atoms with E-state index >= 15 is 0 Å². The highest BCUT2D eigenvalue weighted by molar-refractivity contribution is 6.33. The molecule has 0 unspecified atom stereocenters. The van der Waals surface area contributed by atoms with Crippen molar-refractivity contribution in [2.45, 2.75) is 25.4 Å². The van der Waals surface area contributed by atoms with Gasteiger partial charge in [-0.2, -0.15) is 0 Å². The quantitative estimate of drug-likeness (QED) is 0.654. The summed E-state index contributed by atoms with van der Waals surface area (Å²) in [5.41, 5.74) is 2.39. The number of halogens is 2. The molecule has 80 valence electrons. The number of pyridine rings is 1. The van der Waals surface area contributed by atoms with E-state index in [4.69, 9.17) is 27.9 Å². The fourth-order valence-corrected chi connectivity index (χ4v) is 3.13. The number of hydrogen-bond acceptors (Lipinski definition) is 2. The molecule has 0 N–H and O–H groups in total. The molecule has 1 aliphatic carbocycles. The molecule has 2 atom stereocenters. The van der Waals surface area contributed by atoms with Crippen molar-refractivity contribution >= 4 is 23.2 Å². The third-order valence-electron chi connectivity index (χ3n) is 3.37. The smallest absolute Gasteiger partial charge is 0.134 e. The lowest BCUT2D eigenvalue weighted by atomic mass is 9.82. The Morgan fingerprint density at radius 1 is 1.33 bits per heavy atom. The second-order valence-corrected chi connectivity index (χ2v) is 4.98. The largest absolute Gasteiger partial charge is 0.378 e. The first kappa shape index (κ1) is 9.88. The van der Waals surface area contributed by atoms with Crippen LogP contribution in [-0.4, -0.2) is 17.7 Å². The van der Waals surface area contributed by atoms with Crippen LogP contribution in [0.2, 0.25) is 10.3 Å². The van der Waals surface area contributed by atoms with Crippen molar-refractivity contribution in [1.29, 1.82) is 0 Å². The van der Waals surface area contributed by atoms with Gasteiger partial charge in [-0.1, -0.05) is 23.2 Å². The molecule has 15 heavy (non-hydrogen) atoms. The van der Waals surface area contributed by atoms with E-state index in [0.717, 1.165) is 25.9 Å². The Bertz CT molecular complexity index is 408. The average Bonchev–Trinajstić information content (AvgIpc) is 2.61. The van der Waals surface area contributed by atoms with Crippen LogP contribution < -0.4 is 0 Å². The van der Waals surface area contributed by atoms with E-state index in [1.165, 1.54) is 11.1 Å². The third kappa shape index (κ3) is 1.65. The van der Waals surface area contributed by atoms with Gasteiger partial charge in [0, 0.05) is 6.61 Å². The van der Waals surface area contributed by atoms with Gasteiger partial charge < -0.3 is 4.74 Å². The summed E-state index contributed by atoms with van der Waals surface area (Å²) in [6.45, 7) is 0.877. The van der Waals surface area contributed by atoms with Crippen LogP contribution in [-0.2, 0) is 17.6 Å². The minimum absolute atomic E-state index is 0.368. The number of ether oxygens (including phenoxy) is 1. The lowest BCUT2D eigenvalue weighted by molar-refractivity contribution is 0.0862. The molecule has 4 heteroatoms. The second kappa shape index (κ2) is 3.62. The molecule has 0 amide bonds. The van der Waals surface area contributed by atoms with E-state index in [2.05, 4.69) is 4.98 Å². The van der Waals surface area contributed by atoms with Gasteiger partial charge in [0.25, 0.3) is 0 Å². The van der Waals surface area contributed by atoms with Crippen LogP contribution in [0.4, 0.5) is 0 Å². The molecule has 1 saturated heterocycles. The first-order chi connectivity index (χ1) is 7.24. The van der Waals surface area contributed by atoms with Gasteiger partial charge in [-0.05, 0) is 42.4 Å². The van der Waals surface area contributed by atoms with Gasteiger partial charge >= 0.3 is 0 Å². The number of rotatable bonds is 0. The fraction of sp³-hybridized carbons (Fsp3) is 0.545. The Morgan fingerprint density at radius 3 is 3.07 bits per heavy atom. The van der Waals surface area contributed by atoms with Crippen molar-refractivity contribution in [3.8, 4) is 0 Å². The van der Waals surface area contributed by atoms with Gasteiger partial charge in [-0.15, -0.1) is 0 Å². The molecule has 0 saturated carbocycles. The molecule has 1 aromatic rings. The molecule has 3 rings (SSSR count). The Balaban J connectivity index is 2.03. The van der Waals surface area contributed by atoms with Crippen molar-refractivity contribution in [2.24, 2.45) is 5.92 Å². The van der Waals surface area contributed by atoms with E-state index in [1.54, 1.807) is 0 Å². The minimum Gasteiger partial charge on any atom is -0.378 e. The fourth-order valence-electron chi connectivity index (χ4n) is 2.59. The molecule has 0 bridgehead atoms. The first-order valence-electron chi connectivity index (χ1n) is 5.19. The standard InChI is InChI=1S/C11H11Cl2NO/c12-10-5-7-4-9-6(1-2-15-9)3-8(7)11(13)14-10/h5-6,9H,1-4H2/t6-,9+/m0/s1. The van der Waals surface area contributed by atoms with Crippen molar-refractivity contribution in [3.05, 3.63) is 27.5 Å². The zero-order chi connectivity index (χ0) is 10.4. The van der Waals surface area contributed by atoms with Gasteiger partial charge in [-0.25, -0.2) is 4.98 Å². The molecule has 1 aliphatic heterocycles. The molecular formula is C11H11Cl2NO. The first-order valence-corrected chi connectivity index (χ1v) is 5.95. The Morgan fingerprint density at radius 2 is 2.20 bits per heavy atom. The summed E-state index contributed by atoms with van der Waals surface area (Å²) in [6, 6.07) is 1.92. The predicted molar refractivity (Wildman–Crippen MR) is 59.5 cm³/mol. The van der Waals surface area contributed by atoms with Gasteiger partial charge in [0.2, 0.25) is 0 Å². The molecular weight excluding hydrogens is 233 g/mol. The summed E-state index contributed by atoms with van der Waals surface area (Å²) < 4.78 is 5.69.